The average molecular weight is 364 g/mol. The van der Waals surface area contributed by atoms with Crippen LogP contribution in [0.5, 0.6) is 0 Å². The van der Waals surface area contributed by atoms with E-state index >= 15 is 0 Å². The summed E-state index contributed by atoms with van der Waals surface area (Å²) in [6, 6.07) is 9.45. The Kier molecular flexibility index (Phi) is 5.21. The summed E-state index contributed by atoms with van der Waals surface area (Å²) in [5.41, 5.74) is 3.20. The van der Waals surface area contributed by atoms with Gasteiger partial charge in [0.1, 0.15) is 5.69 Å². The Bertz CT molecular complexity index is 775. The Hall–Kier alpha value is -2.27. The van der Waals surface area contributed by atoms with E-state index in [1.165, 1.54) is 24.0 Å². The maximum absolute atomic E-state index is 12.8. The summed E-state index contributed by atoms with van der Waals surface area (Å²) < 4.78 is 0. The molecular weight excluding hydrogens is 336 g/mol. The molecule has 1 aromatic heterocycles. The number of benzene rings is 1. The number of aromatic nitrogens is 2. The van der Waals surface area contributed by atoms with Crippen molar-refractivity contribution >= 4 is 5.91 Å². The van der Waals surface area contributed by atoms with E-state index in [1.54, 1.807) is 18.6 Å². The van der Waals surface area contributed by atoms with Gasteiger partial charge >= 0.3 is 0 Å². The summed E-state index contributed by atoms with van der Waals surface area (Å²) >= 11 is 0. The quantitative estimate of drug-likeness (QED) is 0.835. The van der Waals surface area contributed by atoms with Crippen molar-refractivity contribution in [3.63, 3.8) is 0 Å². The maximum atomic E-state index is 12.8. The molecule has 0 unspecified atom stereocenters. The third kappa shape index (κ3) is 4.03. The fourth-order valence-corrected chi connectivity index (χ4v) is 4.35. The molecule has 3 aliphatic rings. The molecule has 2 atom stereocenters. The first-order valence-electron chi connectivity index (χ1n) is 9.98. The van der Waals surface area contributed by atoms with E-state index in [4.69, 9.17) is 0 Å². The lowest BCUT2D eigenvalue weighted by Gasteiger charge is -2.36. The number of carbonyl (C=O) groups is 1. The van der Waals surface area contributed by atoms with Crippen LogP contribution in [-0.2, 0) is 6.54 Å². The van der Waals surface area contributed by atoms with Crippen LogP contribution < -0.4 is 0 Å². The summed E-state index contributed by atoms with van der Waals surface area (Å²) in [4.78, 5) is 25.7. The maximum Gasteiger partial charge on any atom is 0.274 e. The van der Waals surface area contributed by atoms with Crippen molar-refractivity contribution in [3.8, 4) is 0 Å². The monoisotopic (exact) mass is 364 g/mol. The summed E-state index contributed by atoms with van der Waals surface area (Å²) in [6.07, 6.45) is 7.14. The fourth-order valence-electron chi connectivity index (χ4n) is 4.35. The number of piperidine rings is 1. The molecule has 5 nitrogen and oxygen atoms in total. The van der Waals surface area contributed by atoms with Crippen LogP contribution in [0.2, 0.25) is 0 Å². The van der Waals surface area contributed by atoms with Gasteiger partial charge in [-0.05, 0) is 35.8 Å². The van der Waals surface area contributed by atoms with Gasteiger partial charge < -0.3 is 4.90 Å². The second-order valence-electron chi connectivity index (χ2n) is 8.22. The Labute approximate surface area is 161 Å². The highest BCUT2D eigenvalue weighted by Gasteiger charge is 2.36. The van der Waals surface area contributed by atoms with Crippen LogP contribution in [0.15, 0.2) is 42.9 Å². The van der Waals surface area contributed by atoms with Gasteiger partial charge in [-0.3, -0.25) is 14.7 Å². The predicted octanol–water partition coefficient (Wildman–Crippen LogP) is 3.34. The van der Waals surface area contributed by atoms with Gasteiger partial charge in [-0.1, -0.05) is 38.1 Å². The van der Waals surface area contributed by atoms with Crippen LogP contribution in [0.25, 0.3) is 0 Å². The number of hydrogen-bond donors (Lipinski definition) is 0. The zero-order valence-corrected chi connectivity index (χ0v) is 16.2. The molecule has 1 amide bonds. The van der Waals surface area contributed by atoms with Crippen LogP contribution >= 0.6 is 0 Å². The zero-order chi connectivity index (χ0) is 18.8. The van der Waals surface area contributed by atoms with Gasteiger partial charge in [0.25, 0.3) is 5.91 Å². The molecule has 3 fully saturated rings. The van der Waals surface area contributed by atoms with Crippen LogP contribution in [0.4, 0.5) is 0 Å². The molecule has 3 saturated heterocycles. The Morgan fingerprint density at radius 3 is 2.63 bits per heavy atom. The van der Waals surface area contributed by atoms with Gasteiger partial charge in [0.15, 0.2) is 0 Å². The van der Waals surface area contributed by atoms with E-state index in [-0.39, 0.29) is 5.91 Å². The Morgan fingerprint density at radius 1 is 1.11 bits per heavy atom. The van der Waals surface area contributed by atoms with Crippen molar-refractivity contribution in [2.45, 2.75) is 45.2 Å². The smallest absolute Gasteiger partial charge is 0.274 e. The summed E-state index contributed by atoms with van der Waals surface area (Å²) in [5, 5.41) is 0. The van der Waals surface area contributed by atoms with E-state index in [2.05, 4.69) is 53.0 Å². The minimum atomic E-state index is 0.0168. The largest absolute Gasteiger partial charge is 0.335 e. The molecule has 2 aromatic rings. The Balaban J connectivity index is 1.46. The third-order valence-corrected chi connectivity index (χ3v) is 5.93. The SMILES string of the molecule is CC(C)c1ccc(CN2C[C@H]3CC[C@@H]2CN(C(=O)c2cnccn2)C3)cc1. The van der Waals surface area contributed by atoms with Crippen molar-refractivity contribution in [3.05, 3.63) is 59.7 Å². The second-order valence-corrected chi connectivity index (χ2v) is 8.22. The van der Waals surface area contributed by atoms with E-state index in [9.17, 15) is 4.79 Å². The molecule has 0 aliphatic carbocycles. The highest BCUT2D eigenvalue weighted by atomic mass is 16.2. The standard InChI is InChI=1S/C22H28N4O/c1-16(2)19-6-3-17(4-7-19)12-25-13-18-5-8-20(25)15-26(14-18)22(27)21-11-23-9-10-24-21/h3-4,6-7,9-11,16,18,20H,5,8,12-15H2,1-2H3/t18-,20-/m1/s1. The third-order valence-electron chi connectivity index (χ3n) is 5.93. The van der Waals surface area contributed by atoms with Gasteiger partial charge in [0, 0.05) is 44.6 Å². The van der Waals surface area contributed by atoms with Crippen molar-refractivity contribution in [2.24, 2.45) is 5.92 Å². The topological polar surface area (TPSA) is 49.3 Å². The summed E-state index contributed by atoms with van der Waals surface area (Å²) in [7, 11) is 0. The minimum Gasteiger partial charge on any atom is -0.335 e. The molecule has 0 spiro atoms. The normalized spacial score (nSPS) is 22.9. The van der Waals surface area contributed by atoms with Gasteiger partial charge in [-0.25, -0.2) is 4.98 Å². The number of rotatable bonds is 4. The molecule has 0 saturated carbocycles. The number of fused-ring (bicyclic) bond motifs is 4. The average Bonchev–Trinajstić information content (AvgIpc) is 3.00. The van der Waals surface area contributed by atoms with E-state index in [1.807, 2.05) is 4.90 Å². The Morgan fingerprint density at radius 2 is 1.93 bits per heavy atom. The molecule has 5 heteroatoms. The summed E-state index contributed by atoms with van der Waals surface area (Å²) in [5.74, 6) is 1.12. The van der Waals surface area contributed by atoms with Crippen molar-refractivity contribution < 1.29 is 4.79 Å². The molecule has 4 heterocycles. The molecule has 0 N–H and O–H groups in total. The van der Waals surface area contributed by atoms with Crippen molar-refractivity contribution in [1.82, 2.24) is 19.8 Å². The summed E-state index contributed by atoms with van der Waals surface area (Å²) in [6.45, 7) is 8.11. The first-order chi connectivity index (χ1) is 13.1. The molecule has 1 aromatic carbocycles. The van der Waals surface area contributed by atoms with E-state index < -0.39 is 0 Å². The number of carbonyl (C=O) groups excluding carboxylic acids is 1. The second kappa shape index (κ2) is 7.77. The van der Waals surface area contributed by atoms with Crippen LogP contribution in [0.3, 0.4) is 0 Å². The van der Waals surface area contributed by atoms with E-state index in [0.29, 0.717) is 23.6 Å². The molecule has 3 aliphatic heterocycles. The molecule has 27 heavy (non-hydrogen) atoms. The molecule has 5 rings (SSSR count). The highest BCUT2D eigenvalue weighted by Crippen LogP contribution is 2.30. The van der Waals surface area contributed by atoms with Crippen LogP contribution in [-0.4, -0.2) is 51.4 Å². The first-order valence-corrected chi connectivity index (χ1v) is 9.98. The van der Waals surface area contributed by atoms with E-state index in [0.717, 1.165) is 26.2 Å². The number of nitrogens with zero attached hydrogens (tertiary/aromatic N) is 4. The van der Waals surface area contributed by atoms with Crippen LogP contribution in [0, 0.1) is 5.92 Å². The molecule has 142 valence electrons. The number of hydrogen-bond acceptors (Lipinski definition) is 4. The minimum absolute atomic E-state index is 0.0168. The fraction of sp³-hybridized carbons (Fsp3) is 0.500. The lowest BCUT2D eigenvalue weighted by atomic mass is 9.94. The van der Waals surface area contributed by atoms with Gasteiger partial charge in [-0.2, -0.15) is 0 Å². The van der Waals surface area contributed by atoms with Gasteiger partial charge in [-0.15, -0.1) is 0 Å². The first kappa shape index (κ1) is 18.1. The number of amides is 1. The van der Waals surface area contributed by atoms with Gasteiger partial charge in [0.05, 0.1) is 6.20 Å². The van der Waals surface area contributed by atoms with Gasteiger partial charge in [0.2, 0.25) is 0 Å². The van der Waals surface area contributed by atoms with Crippen molar-refractivity contribution in [1.29, 1.82) is 0 Å². The van der Waals surface area contributed by atoms with Crippen LogP contribution in [0.1, 0.15) is 54.2 Å². The zero-order valence-electron chi connectivity index (χ0n) is 16.2. The molecule has 0 radical (unpaired) electrons. The lowest BCUT2D eigenvalue weighted by molar-refractivity contribution is 0.0729. The van der Waals surface area contributed by atoms with Crippen molar-refractivity contribution in [2.75, 3.05) is 19.6 Å². The molecular formula is C22H28N4O. The predicted molar refractivity (Wildman–Crippen MR) is 105 cm³/mol. The lowest BCUT2D eigenvalue weighted by Crippen LogP contribution is -2.44. The molecule has 2 bridgehead atoms. The highest BCUT2D eigenvalue weighted by molar-refractivity contribution is 5.92.